The summed E-state index contributed by atoms with van der Waals surface area (Å²) in [6.07, 6.45) is 1.82. The highest BCUT2D eigenvalue weighted by atomic mass is 16.5. The van der Waals surface area contributed by atoms with E-state index in [1.165, 1.54) is 0 Å². The average Bonchev–Trinajstić information content (AvgIpc) is 3.09. The SMILES string of the molecule is COc1cccc(/C(C)=C/c2nc(CC(=O)Nc3ccccc3)no2)c1. The minimum Gasteiger partial charge on any atom is -0.497 e. The van der Waals surface area contributed by atoms with Crippen LogP contribution in [-0.4, -0.2) is 23.2 Å². The van der Waals surface area contributed by atoms with Gasteiger partial charge >= 0.3 is 0 Å². The Morgan fingerprint density at radius 2 is 2.00 bits per heavy atom. The van der Waals surface area contributed by atoms with Crippen molar-refractivity contribution >= 4 is 23.2 Å². The van der Waals surface area contributed by atoms with Crippen molar-refractivity contribution in [2.24, 2.45) is 0 Å². The lowest BCUT2D eigenvalue weighted by atomic mass is 10.1. The summed E-state index contributed by atoms with van der Waals surface area (Å²) in [5.74, 6) is 1.27. The molecule has 1 N–H and O–H groups in total. The number of allylic oxidation sites excluding steroid dienone is 1. The molecule has 1 aromatic heterocycles. The van der Waals surface area contributed by atoms with Crippen LogP contribution in [-0.2, 0) is 11.2 Å². The van der Waals surface area contributed by atoms with E-state index in [0.717, 1.165) is 22.6 Å². The minimum absolute atomic E-state index is 0.0461. The van der Waals surface area contributed by atoms with Crippen molar-refractivity contribution in [3.8, 4) is 5.75 Å². The van der Waals surface area contributed by atoms with Crippen LogP contribution in [0.1, 0.15) is 24.2 Å². The molecule has 0 saturated carbocycles. The van der Waals surface area contributed by atoms with Crippen LogP contribution in [0.25, 0.3) is 11.6 Å². The molecule has 3 rings (SSSR count). The number of para-hydroxylation sites is 1. The molecular formula is C20H19N3O3. The number of amides is 1. The topological polar surface area (TPSA) is 77.2 Å². The Balaban J connectivity index is 1.66. The van der Waals surface area contributed by atoms with Gasteiger partial charge in [0.15, 0.2) is 5.82 Å². The maximum absolute atomic E-state index is 12.0. The average molecular weight is 349 g/mol. The van der Waals surface area contributed by atoms with Crippen LogP contribution in [0, 0.1) is 0 Å². The Hall–Kier alpha value is -3.41. The lowest BCUT2D eigenvalue weighted by Crippen LogP contribution is -2.15. The smallest absolute Gasteiger partial charge is 0.250 e. The summed E-state index contributed by atoms with van der Waals surface area (Å²) in [5, 5.41) is 6.65. The number of ether oxygens (including phenoxy) is 1. The van der Waals surface area contributed by atoms with E-state index in [9.17, 15) is 4.79 Å². The predicted molar refractivity (Wildman–Crippen MR) is 99.6 cm³/mol. The second kappa shape index (κ2) is 8.11. The first kappa shape index (κ1) is 17.4. The molecule has 3 aromatic rings. The summed E-state index contributed by atoms with van der Waals surface area (Å²) in [5.41, 5.74) is 2.67. The number of hydrogen-bond acceptors (Lipinski definition) is 5. The molecule has 2 aromatic carbocycles. The normalized spacial score (nSPS) is 11.2. The minimum atomic E-state index is -0.197. The molecule has 0 spiro atoms. The number of hydrogen-bond donors (Lipinski definition) is 1. The lowest BCUT2D eigenvalue weighted by Gasteiger charge is -2.03. The first-order chi connectivity index (χ1) is 12.6. The largest absolute Gasteiger partial charge is 0.497 e. The summed E-state index contributed by atoms with van der Waals surface area (Å²) < 4.78 is 10.4. The van der Waals surface area contributed by atoms with Crippen LogP contribution in [0.3, 0.4) is 0 Å². The molecule has 0 saturated heterocycles. The van der Waals surface area contributed by atoms with Crippen LogP contribution in [0.2, 0.25) is 0 Å². The maximum Gasteiger partial charge on any atom is 0.250 e. The summed E-state index contributed by atoms with van der Waals surface area (Å²) in [7, 11) is 1.63. The highest BCUT2D eigenvalue weighted by Gasteiger charge is 2.11. The Bertz CT molecular complexity index is 917. The van der Waals surface area contributed by atoms with Crippen LogP contribution < -0.4 is 10.1 Å². The van der Waals surface area contributed by atoms with E-state index in [4.69, 9.17) is 9.26 Å². The fourth-order valence-electron chi connectivity index (χ4n) is 2.41. The highest BCUT2D eigenvalue weighted by molar-refractivity contribution is 5.91. The number of methoxy groups -OCH3 is 1. The van der Waals surface area contributed by atoms with Gasteiger partial charge in [0.25, 0.3) is 5.89 Å². The molecule has 6 nitrogen and oxygen atoms in total. The molecule has 1 heterocycles. The molecule has 26 heavy (non-hydrogen) atoms. The molecule has 0 unspecified atom stereocenters. The number of aromatic nitrogens is 2. The Labute approximate surface area is 151 Å². The lowest BCUT2D eigenvalue weighted by molar-refractivity contribution is -0.115. The highest BCUT2D eigenvalue weighted by Crippen LogP contribution is 2.21. The first-order valence-corrected chi connectivity index (χ1v) is 8.14. The van der Waals surface area contributed by atoms with E-state index in [1.54, 1.807) is 13.2 Å². The molecule has 0 aliphatic heterocycles. The fourth-order valence-corrected chi connectivity index (χ4v) is 2.41. The van der Waals surface area contributed by atoms with Crippen molar-refractivity contribution in [2.75, 3.05) is 12.4 Å². The number of anilines is 1. The molecular weight excluding hydrogens is 330 g/mol. The van der Waals surface area contributed by atoms with Gasteiger partial charge in [0.1, 0.15) is 5.75 Å². The van der Waals surface area contributed by atoms with Crippen molar-refractivity contribution in [3.63, 3.8) is 0 Å². The molecule has 132 valence electrons. The summed E-state index contributed by atoms with van der Waals surface area (Å²) in [6.45, 7) is 1.95. The van der Waals surface area contributed by atoms with Crippen LogP contribution >= 0.6 is 0 Å². The van der Waals surface area contributed by atoms with Crippen molar-refractivity contribution in [1.29, 1.82) is 0 Å². The second-order valence-electron chi connectivity index (χ2n) is 5.70. The fraction of sp³-hybridized carbons (Fsp3) is 0.150. The molecule has 0 atom stereocenters. The van der Waals surface area contributed by atoms with E-state index < -0.39 is 0 Å². The van der Waals surface area contributed by atoms with Crippen molar-refractivity contribution in [2.45, 2.75) is 13.3 Å². The van der Waals surface area contributed by atoms with E-state index >= 15 is 0 Å². The number of rotatable bonds is 6. The van der Waals surface area contributed by atoms with Gasteiger partial charge < -0.3 is 14.6 Å². The summed E-state index contributed by atoms with van der Waals surface area (Å²) in [4.78, 5) is 16.3. The van der Waals surface area contributed by atoms with E-state index in [2.05, 4.69) is 15.5 Å². The zero-order valence-corrected chi connectivity index (χ0v) is 14.6. The summed E-state index contributed by atoms with van der Waals surface area (Å²) in [6, 6.07) is 16.9. The number of carbonyl (C=O) groups is 1. The molecule has 0 aliphatic carbocycles. The van der Waals surface area contributed by atoms with E-state index in [0.29, 0.717) is 11.7 Å². The van der Waals surface area contributed by atoms with Crippen LogP contribution in [0.4, 0.5) is 5.69 Å². The van der Waals surface area contributed by atoms with Gasteiger partial charge in [-0.1, -0.05) is 35.5 Å². The van der Waals surface area contributed by atoms with E-state index in [-0.39, 0.29) is 12.3 Å². The summed E-state index contributed by atoms with van der Waals surface area (Å²) >= 11 is 0. The van der Waals surface area contributed by atoms with Crippen LogP contribution in [0.15, 0.2) is 59.1 Å². The van der Waals surface area contributed by atoms with Gasteiger partial charge in [-0.3, -0.25) is 4.79 Å². The van der Waals surface area contributed by atoms with Crippen molar-refractivity contribution < 1.29 is 14.1 Å². The molecule has 0 aliphatic rings. The molecule has 0 radical (unpaired) electrons. The number of nitrogens with zero attached hydrogens (tertiary/aromatic N) is 2. The van der Waals surface area contributed by atoms with E-state index in [1.807, 2.05) is 61.5 Å². The first-order valence-electron chi connectivity index (χ1n) is 8.14. The Kier molecular flexibility index (Phi) is 5.43. The quantitative estimate of drug-likeness (QED) is 0.732. The Morgan fingerprint density at radius 3 is 2.77 bits per heavy atom. The zero-order valence-electron chi connectivity index (χ0n) is 14.6. The number of benzene rings is 2. The van der Waals surface area contributed by atoms with Gasteiger partial charge in [0.05, 0.1) is 13.5 Å². The van der Waals surface area contributed by atoms with Gasteiger partial charge in [-0.15, -0.1) is 0 Å². The Morgan fingerprint density at radius 1 is 1.19 bits per heavy atom. The molecule has 1 amide bonds. The molecule has 0 bridgehead atoms. The third-order valence-electron chi connectivity index (χ3n) is 3.73. The third kappa shape index (κ3) is 4.57. The standard InChI is InChI=1S/C20H19N3O3/c1-14(15-7-6-10-17(12-15)25-2)11-20-22-18(23-26-20)13-19(24)21-16-8-4-3-5-9-16/h3-12H,13H2,1-2H3,(H,21,24)/b14-11+. The van der Waals surface area contributed by atoms with Gasteiger partial charge in [0, 0.05) is 11.8 Å². The van der Waals surface area contributed by atoms with Gasteiger partial charge in [-0.2, -0.15) is 4.98 Å². The predicted octanol–water partition coefficient (Wildman–Crippen LogP) is 3.82. The monoisotopic (exact) mass is 349 g/mol. The molecule has 6 heteroatoms. The van der Waals surface area contributed by atoms with Crippen LogP contribution in [0.5, 0.6) is 5.75 Å². The van der Waals surface area contributed by atoms with Gasteiger partial charge in [-0.05, 0) is 42.3 Å². The van der Waals surface area contributed by atoms with Gasteiger partial charge in [0.2, 0.25) is 5.91 Å². The third-order valence-corrected chi connectivity index (χ3v) is 3.73. The number of carbonyl (C=O) groups excluding carboxylic acids is 1. The van der Waals surface area contributed by atoms with Crippen molar-refractivity contribution in [3.05, 3.63) is 71.9 Å². The maximum atomic E-state index is 12.0. The molecule has 0 fully saturated rings. The number of nitrogens with one attached hydrogen (secondary N) is 1. The zero-order chi connectivity index (χ0) is 18.4. The second-order valence-corrected chi connectivity index (χ2v) is 5.70. The van der Waals surface area contributed by atoms with Gasteiger partial charge in [-0.25, -0.2) is 0 Å². The van der Waals surface area contributed by atoms with Crippen molar-refractivity contribution in [1.82, 2.24) is 10.1 Å².